The van der Waals surface area contributed by atoms with Gasteiger partial charge >= 0.3 is 0 Å². The van der Waals surface area contributed by atoms with Gasteiger partial charge < -0.3 is 9.97 Å². The highest BCUT2D eigenvalue weighted by Crippen LogP contribution is 2.16. The van der Waals surface area contributed by atoms with Crippen LogP contribution in [0.15, 0.2) is 67.1 Å². The van der Waals surface area contributed by atoms with Crippen molar-refractivity contribution in [1.82, 2.24) is 9.97 Å². The number of hydrogen-bond donors (Lipinski definition) is 2. The minimum absolute atomic E-state index is 0.205. The van der Waals surface area contributed by atoms with Gasteiger partial charge in [0.1, 0.15) is 10.7 Å². The number of benzene rings is 2. The van der Waals surface area contributed by atoms with Crippen LogP contribution in [0.1, 0.15) is 11.1 Å². The number of halogens is 2. The summed E-state index contributed by atoms with van der Waals surface area (Å²) in [6.07, 6.45) is 3.26. The van der Waals surface area contributed by atoms with E-state index in [0.717, 1.165) is 20.1 Å². The van der Waals surface area contributed by atoms with Crippen molar-refractivity contribution in [2.24, 2.45) is 0 Å². The van der Waals surface area contributed by atoms with Gasteiger partial charge in [0.25, 0.3) is 11.1 Å². The number of rotatable bonds is 2. The van der Waals surface area contributed by atoms with Gasteiger partial charge in [-0.2, -0.15) is 0 Å². The third kappa shape index (κ3) is 3.66. The molecule has 0 amide bonds. The topological polar surface area (TPSA) is 65.7 Å². The average Bonchev–Trinajstić information content (AvgIpc) is 2.56. The predicted octanol–water partition coefficient (Wildman–Crippen LogP) is 2.25. The number of aromatic nitrogens is 2. The summed E-state index contributed by atoms with van der Waals surface area (Å²) >= 11 is 6.83. The van der Waals surface area contributed by atoms with Crippen LogP contribution in [0.4, 0.5) is 0 Å². The number of aromatic amines is 2. The van der Waals surface area contributed by atoms with Gasteiger partial charge in [0.05, 0.1) is 0 Å². The molecule has 2 N–H and O–H groups in total. The predicted molar refractivity (Wildman–Crippen MR) is 102 cm³/mol. The molecule has 24 heavy (non-hydrogen) atoms. The minimum Gasteiger partial charge on any atom is -0.316 e. The fourth-order valence-electron chi connectivity index (χ4n) is 2.19. The number of H-pyrrole nitrogens is 2. The molecule has 3 aromatic rings. The van der Waals surface area contributed by atoms with Crippen LogP contribution in [-0.2, 0) is 0 Å². The van der Waals surface area contributed by atoms with E-state index >= 15 is 0 Å². The summed E-state index contributed by atoms with van der Waals surface area (Å²) in [6, 6.07) is 14.9. The van der Waals surface area contributed by atoms with Crippen molar-refractivity contribution in [1.29, 1.82) is 0 Å². The quantitative estimate of drug-likeness (QED) is 0.632. The maximum Gasteiger partial charge on any atom is 0.272 e. The highest BCUT2D eigenvalue weighted by Gasteiger charge is 2.00. The highest BCUT2D eigenvalue weighted by atomic mass is 79.9. The first-order valence-corrected chi connectivity index (χ1v) is 8.68. The van der Waals surface area contributed by atoms with Gasteiger partial charge in [-0.05, 0) is 35.4 Å². The Labute approximate surface area is 153 Å². The minimum atomic E-state index is -0.358. The Kier molecular flexibility index (Phi) is 4.97. The van der Waals surface area contributed by atoms with E-state index in [2.05, 4.69) is 41.8 Å². The van der Waals surface area contributed by atoms with Crippen molar-refractivity contribution in [3.8, 4) is 0 Å². The second-order valence-corrected chi connectivity index (χ2v) is 6.78. The van der Waals surface area contributed by atoms with E-state index in [1.54, 1.807) is 12.2 Å². The summed E-state index contributed by atoms with van der Waals surface area (Å²) in [4.78, 5) is 29.8. The van der Waals surface area contributed by atoms with Crippen LogP contribution in [0, 0.1) is 0 Å². The molecule has 0 spiro atoms. The van der Waals surface area contributed by atoms with Gasteiger partial charge in [0.2, 0.25) is 0 Å². The number of hydrogen-bond acceptors (Lipinski definition) is 2. The Morgan fingerprint density at radius 3 is 1.42 bits per heavy atom. The van der Waals surface area contributed by atoms with Gasteiger partial charge in [0, 0.05) is 8.95 Å². The molecule has 4 nitrogen and oxygen atoms in total. The lowest BCUT2D eigenvalue weighted by molar-refractivity contribution is 1.00. The van der Waals surface area contributed by atoms with Crippen molar-refractivity contribution in [3.05, 3.63) is 100 Å². The third-order valence-electron chi connectivity index (χ3n) is 3.40. The molecule has 6 heteroatoms. The Balaban J connectivity index is 2.18. The lowest BCUT2D eigenvalue weighted by atomic mass is 10.2. The summed E-state index contributed by atoms with van der Waals surface area (Å²) in [5.74, 6) is 0. The standard InChI is InChI=1S/C18H12Br2N2O2/c19-13-7-3-1-5-11(13)9-15-17(23)22-16(18(24)21-15)10-12-6-2-4-8-14(12)20/h1-10H,(H,21,24)(H,22,23). The fourth-order valence-corrected chi connectivity index (χ4v) is 2.99. The van der Waals surface area contributed by atoms with Crippen molar-refractivity contribution >= 4 is 44.0 Å². The summed E-state index contributed by atoms with van der Waals surface area (Å²) < 4.78 is 1.68. The van der Waals surface area contributed by atoms with Crippen LogP contribution >= 0.6 is 31.9 Å². The molecule has 1 aromatic heterocycles. The van der Waals surface area contributed by atoms with Gasteiger partial charge in [0.15, 0.2) is 0 Å². The molecule has 0 atom stereocenters. The first-order chi connectivity index (χ1) is 11.5. The lowest BCUT2D eigenvalue weighted by Crippen LogP contribution is -2.46. The molecule has 0 saturated heterocycles. The summed E-state index contributed by atoms with van der Waals surface area (Å²) in [6.45, 7) is 0. The maximum absolute atomic E-state index is 12.3. The van der Waals surface area contributed by atoms with Crippen molar-refractivity contribution in [2.45, 2.75) is 0 Å². The van der Waals surface area contributed by atoms with Gasteiger partial charge in [-0.25, -0.2) is 0 Å². The zero-order valence-corrected chi connectivity index (χ0v) is 15.5. The van der Waals surface area contributed by atoms with Gasteiger partial charge in [-0.1, -0.05) is 68.3 Å². The van der Waals surface area contributed by atoms with Crippen LogP contribution in [0.3, 0.4) is 0 Å². The van der Waals surface area contributed by atoms with Crippen molar-refractivity contribution in [3.63, 3.8) is 0 Å². The summed E-state index contributed by atoms with van der Waals surface area (Å²) in [5, 5.41) is 0.410. The number of nitrogens with one attached hydrogen (secondary N) is 2. The highest BCUT2D eigenvalue weighted by molar-refractivity contribution is 9.10. The molecule has 0 aliphatic carbocycles. The fraction of sp³-hybridized carbons (Fsp3) is 0. The molecule has 0 saturated carbocycles. The second-order valence-electron chi connectivity index (χ2n) is 5.07. The van der Waals surface area contributed by atoms with E-state index < -0.39 is 0 Å². The maximum atomic E-state index is 12.3. The largest absolute Gasteiger partial charge is 0.316 e. The molecule has 0 radical (unpaired) electrons. The Morgan fingerprint density at radius 1 is 0.667 bits per heavy atom. The molecule has 0 fully saturated rings. The van der Waals surface area contributed by atoms with Crippen LogP contribution in [0.5, 0.6) is 0 Å². The monoisotopic (exact) mass is 446 g/mol. The Hall–Kier alpha value is -2.18. The van der Waals surface area contributed by atoms with E-state index in [9.17, 15) is 9.59 Å². The van der Waals surface area contributed by atoms with Gasteiger partial charge in [-0.3, -0.25) is 9.59 Å². The van der Waals surface area contributed by atoms with E-state index in [-0.39, 0.29) is 21.8 Å². The van der Waals surface area contributed by atoms with Crippen LogP contribution in [0.25, 0.3) is 12.2 Å². The summed E-state index contributed by atoms with van der Waals surface area (Å²) in [5.41, 5.74) is 0.898. The summed E-state index contributed by atoms with van der Waals surface area (Å²) in [7, 11) is 0. The second kappa shape index (κ2) is 7.15. The molecular weight excluding hydrogens is 436 g/mol. The van der Waals surface area contributed by atoms with E-state index in [4.69, 9.17) is 0 Å². The van der Waals surface area contributed by atoms with E-state index in [0.29, 0.717) is 0 Å². The molecule has 2 aromatic carbocycles. The molecule has 0 aliphatic heterocycles. The normalized spacial score (nSPS) is 12.6. The molecule has 1 heterocycles. The smallest absolute Gasteiger partial charge is 0.272 e. The average molecular weight is 448 g/mol. The van der Waals surface area contributed by atoms with Crippen molar-refractivity contribution < 1.29 is 0 Å². The zero-order chi connectivity index (χ0) is 17.1. The van der Waals surface area contributed by atoms with E-state index in [1.165, 1.54) is 0 Å². The molecule has 0 unspecified atom stereocenters. The Morgan fingerprint density at radius 2 is 1.04 bits per heavy atom. The third-order valence-corrected chi connectivity index (χ3v) is 4.84. The molecular formula is C18H12Br2N2O2. The first kappa shape index (κ1) is 16.7. The van der Waals surface area contributed by atoms with Crippen molar-refractivity contribution in [2.75, 3.05) is 0 Å². The zero-order valence-electron chi connectivity index (χ0n) is 12.3. The lowest BCUT2D eigenvalue weighted by Gasteiger charge is -1.98. The molecule has 0 aliphatic rings. The van der Waals surface area contributed by atoms with Crippen LogP contribution < -0.4 is 21.8 Å². The molecule has 120 valence electrons. The first-order valence-electron chi connectivity index (χ1n) is 7.10. The SMILES string of the molecule is O=c1[nH]c(=Cc2ccccc2Br)c(=O)[nH]c1=Cc1ccccc1Br. The van der Waals surface area contributed by atoms with E-state index in [1.807, 2.05) is 48.5 Å². The Bertz CT molecular complexity index is 1040. The molecule has 3 rings (SSSR count). The van der Waals surface area contributed by atoms with Crippen LogP contribution in [0.2, 0.25) is 0 Å². The van der Waals surface area contributed by atoms with Crippen LogP contribution in [-0.4, -0.2) is 9.97 Å². The van der Waals surface area contributed by atoms with Gasteiger partial charge in [-0.15, -0.1) is 0 Å². The molecule has 0 bridgehead atoms.